The number of nitrogens with zero attached hydrogens (tertiary/aromatic N) is 1. The molecule has 1 N–H and O–H groups in total. The summed E-state index contributed by atoms with van der Waals surface area (Å²) in [5.41, 5.74) is 11.4. The molecule has 3 heteroatoms. The van der Waals surface area contributed by atoms with E-state index >= 15 is 0 Å². The minimum Gasteiger partial charge on any atom is -0.494 e. The highest BCUT2D eigenvalue weighted by Gasteiger charge is 2.15. The number of ether oxygens (including phenoxy) is 1. The average Bonchev–Trinajstić information content (AvgIpc) is 2.91. The minimum atomic E-state index is 0.0133. The molecular formula is C37H37NO2. The van der Waals surface area contributed by atoms with Crippen LogP contribution in [-0.4, -0.2) is 5.11 Å². The third-order valence-electron chi connectivity index (χ3n) is 7.15. The Morgan fingerprint density at radius 3 is 1.80 bits per heavy atom. The molecule has 5 aromatic carbocycles. The molecule has 5 rings (SSSR count). The highest BCUT2D eigenvalue weighted by atomic mass is 16.5. The van der Waals surface area contributed by atoms with Crippen LogP contribution in [0.3, 0.4) is 0 Å². The van der Waals surface area contributed by atoms with Crippen LogP contribution in [0.5, 0.6) is 0 Å². The molecule has 0 aliphatic carbocycles. The third kappa shape index (κ3) is 6.27. The van der Waals surface area contributed by atoms with E-state index in [-0.39, 0.29) is 6.61 Å². The fourth-order valence-electron chi connectivity index (χ4n) is 5.41. The van der Waals surface area contributed by atoms with Crippen molar-refractivity contribution in [2.75, 3.05) is 4.90 Å². The van der Waals surface area contributed by atoms with E-state index in [0.29, 0.717) is 6.61 Å². The molecule has 0 spiro atoms. The van der Waals surface area contributed by atoms with Gasteiger partial charge in [-0.25, -0.2) is 0 Å². The summed E-state index contributed by atoms with van der Waals surface area (Å²) in [5, 5.41) is 11.9. The van der Waals surface area contributed by atoms with Crippen LogP contribution >= 0.6 is 0 Å². The Kier molecular flexibility index (Phi) is 8.04. The molecule has 0 aliphatic rings. The van der Waals surface area contributed by atoms with Gasteiger partial charge in [-0.1, -0.05) is 54.6 Å². The van der Waals surface area contributed by atoms with Crippen LogP contribution < -0.4 is 4.90 Å². The van der Waals surface area contributed by atoms with Gasteiger partial charge >= 0.3 is 0 Å². The molecule has 0 amide bonds. The topological polar surface area (TPSA) is 32.7 Å². The highest BCUT2D eigenvalue weighted by Crippen LogP contribution is 2.38. The van der Waals surface area contributed by atoms with Crippen LogP contribution in [0.1, 0.15) is 45.9 Å². The van der Waals surface area contributed by atoms with Gasteiger partial charge in [0.25, 0.3) is 0 Å². The Labute approximate surface area is 238 Å². The van der Waals surface area contributed by atoms with Crippen molar-refractivity contribution in [1.82, 2.24) is 0 Å². The van der Waals surface area contributed by atoms with Gasteiger partial charge in [0.2, 0.25) is 0 Å². The number of fused-ring (bicyclic) bond motifs is 1. The van der Waals surface area contributed by atoms with Crippen molar-refractivity contribution >= 4 is 33.9 Å². The molecule has 5 aromatic rings. The molecule has 40 heavy (non-hydrogen) atoms. The van der Waals surface area contributed by atoms with Crippen molar-refractivity contribution in [3.63, 3.8) is 0 Å². The van der Waals surface area contributed by atoms with E-state index in [9.17, 15) is 5.11 Å². The van der Waals surface area contributed by atoms with Gasteiger partial charge in [0.1, 0.15) is 6.61 Å². The zero-order valence-corrected chi connectivity index (χ0v) is 24.0. The van der Waals surface area contributed by atoms with Gasteiger partial charge in [-0.3, -0.25) is 0 Å². The summed E-state index contributed by atoms with van der Waals surface area (Å²) in [6.45, 7) is 11.0. The number of hydrogen-bond acceptors (Lipinski definition) is 3. The van der Waals surface area contributed by atoms with Gasteiger partial charge in [-0.15, -0.1) is 0 Å². The number of allylic oxidation sites excluding steroid dienone is 1. The van der Waals surface area contributed by atoms with Gasteiger partial charge in [-0.05, 0) is 133 Å². The molecule has 0 heterocycles. The van der Waals surface area contributed by atoms with Crippen LogP contribution in [0.4, 0.5) is 17.1 Å². The lowest BCUT2D eigenvalue weighted by atomic mass is 10.0. The van der Waals surface area contributed by atoms with E-state index in [1.165, 1.54) is 33.0 Å². The highest BCUT2D eigenvalue weighted by molar-refractivity contribution is 5.90. The van der Waals surface area contributed by atoms with Crippen molar-refractivity contribution in [2.24, 2.45) is 0 Å². The monoisotopic (exact) mass is 527 g/mol. The van der Waals surface area contributed by atoms with Gasteiger partial charge in [0.15, 0.2) is 0 Å². The molecule has 0 radical (unpaired) electrons. The molecule has 0 fully saturated rings. The number of benzene rings is 5. The fraction of sp³-hybridized carbons (Fsp3) is 0.189. The maximum Gasteiger partial charge on any atom is 0.113 e. The summed E-state index contributed by atoms with van der Waals surface area (Å²) in [4.78, 5) is 2.36. The Morgan fingerprint density at radius 1 is 0.650 bits per heavy atom. The SMILES string of the molecule is CC(=Cc1ccc2cc(N(c3cc(C)cc(C)c3)c3cc(C)cc(C)c3)ccc2c1)OCc1ccccc1CO. The van der Waals surface area contributed by atoms with Crippen molar-refractivity contribution in [1.29, 1.82) is 0 Å². The smallest absolute Gasteiger partial charge is 0.113 e. The number of rotatable bonds is 8. The largest absolute Gasteiger partial charge is 0.494 e. The molecule has 0 unspecified atom stereocenters. The Bertz CT molecular complexity index is 1610. The van der Waals surface area contributed by atoms with E-state index in [1.807, 2.05) is 31.2 Å². The quantitative estimate of drug-likeness (QED) is 0.204. The molecule has 0 saturated heterocycles. The molecule has 0 bridgehead atoms. The van der Waals surface area contributed by atoms with Crippen LogP contribution in [0, 0.1) is 27.7 Å². The fourth-order valence-corrected chi connectivity index (χ4v) is 5.41. The number of hydrogen-bond donors (Lipinski definition) is 1. The van der Waals surface area contributed by atoms with E-state index in [0.717, 1.165) is 39.5 Å². The molecule has 0 atom stereocenters. The van der Waals surface area contributed by atoms with Gasteiger partial charge in [0, 0.05) is 17.1 Å². The summed E-state index contributed by atoms with van der Waals surface area (Å²) in [7, 11) is 0. The number of aliphatic hydroxyl groups is 1. The molecule has 202 valence electrons. The van der Waals surface area contributed by atoms with E-state index in [4.69, 9.17) is 4.74 Å². The molecular weight excluding hydrogens is 490 g/mol. The summed E-state index contributed by atoms with van der Waals surface area (Å²) in [6, 6.07) is 34.5. The second-order valence-corrected chi connectivity index (χ2v) is 10.8. The summed E-state index contributed by atoms with van der Waals surface area (Å²) >= 11 is 0. The van der Waals surface area contributed by atoms with Gasteiger partial charge < -0.3 is 14.7 Å². The lowest BCUT2D eigenvalue weighted by Gasteiger charge is -2.27. The predicted octanol–water partition coefficient (Wildman–Crippen LogP) is 9.61. The lowest BCUT2D eigenvalue weighted by Crippen LogP contribution is -2.11. The zero-order chi connectivity index (χ0) is 28.2. The Morgan fingerprint density at radius 2 is 1.20 bits per heavy atom. The second kappa shape index (κ2) is 11.8. The average molecular weight is 528 g/mol. The third-order valence-corrected chi connectivity index (χ3v) is 7.15. The van der Waals surface area contributed by atoms with Crippen LogP contribution in [0.15, 0.2) is 103 Å². The maximum atomic E-state index is 9.58. The maximum absolute atomic E-state index is 9.58. The summed E-state index contributed by atoms with van der Waals surface area (Å²) in [5.74, 6) is 0.833. The van der Waals surface area contributed by atoms with E-state index in [2.05, 4.69) is 111 Å². The second-order valence-electron chi connectivity index (χ2n) is 10.8. The normalized spacial score (nSPS) is 11.6. The first-order chi connectivity index (χ1) is 19.3. The zero-order valence-electron chi connectivity index (χ0n) is 24.0. The van der Waals surface area contributed by atoms with Crippen LogP contribution in [-0.2, 0) is 18.0 Å². The van der Waals surface area contributed by atoms with Crippen molar-refractivity contribution in [3.8, 4) is 0 Å². The first-order valence-corrected chi connectivity index (χ1v) is 13.8. The summed E-state index contributed by atoms with van der Waals surface area (Å²) < 4.78 is 6.02. The first kappa shape index (κ1) is 27.2. The Balaban J connectivity index is 1.46. The number of anilines is 3. The molecule has 0 aliphatic heterocycles. The van der Waals surface area contributed by atoms with Gasteiger partial charge in [0.05, 0.1) is 12.4 Å². The number of aryl methyl sites for hydroxylation is 4. The van der Waals surface area contributed by atoms with Crippen LogP contribution in [0.2, 0.25) is 0 Å². The predicted molar refractivity (Wildman–Crippen MR) is 168 cm³/mol. The van der Waals surface area contributed by atoms with Gasteiger partial charge in [-0.2, -0.15) is 0 Å². The summed E-state index contributed by atoms with van der Waals surface area (Å²) in [6.07, 6.45) is 2.06. The Hall–Kier alpha value is -4.34. The standard InChI is InChI=1S/C37H37NO2/c1-25-14-26(2)17-36(16-25)38(37-18-27(3)15-28(4)19-37)35-13-12-31-21-30(10-11-32(31)22-35)20-29(5)40-24-34-9-7-6-8-33(34)23-39/h6-22,39H,23-24H2,1-5H3. The lowest BCUT2D eigenvalue weighted by molar-refractivity contribution is 0.199. The molecule has 0 saturated carbocycles. The molecule has 3 nitrogen and oxygen atoms in total. The van der Waals surface area contributed by atoms with Crippen molar-refractivity contribution < 1.29 is 9.84 Å². The van der Waals surface area contributed by atoms with E-state index in [1.54, 1.807) is 0 Å². The van der Waals surface area contributed by atoms with E-state index < -0.39 is 0 Å². The van der Waals surface area contributed by atoms with Crippen LogP contribution in [0.25, 0.3) is 16.8 Å². The minimum absolute atomic E-state index is 0.0133. The van der Waals surface area contributed by atoms with Crippen molar-refractivity contribution in [2.45, 2.75) is 47.8 Å². The first-order valence-electron chi connectivity index (χ1n) is 13.8. The van der Waals surface area contributed by atoms with Crippen molar-refractivity contribution in [3.05, 3.63) is 142 Å². The number of aliphatic hydroxyl groups excluding tert-OH is 1. The molecule has 0 aromatic heterocycles.